The van der Waals surface area contributed by atoms with Gasteiger partial charge >= 0.3 is 0 Å². The zero-order valence-corrected chi connectivity index (χ0v) is 13.9. The van der Waals surface area contributed by atoms with Gasteiger partial charge in [0.15, 0.2) is 11.5 Å². The second-order valence-corrected chi connectivity index (χ2v) is 5.86. The third-order valence-corrected chi connectivity index (χ3v) is 4.04. The first-order chi connectivity index (χ1) is 11.6. The molecule has 2 aromatic carbocycles. The maximum absolute atomic E-state index is 12.4. The third-order valence-electron chi connectivity index (χ3n) is 4.04. The molecule has 3 rings (SSSR count). The minimum atomic E-state index is -0.637. The summed E-state index contributed by atoms with van der Waals surface area (Å²) < 4.78 is 11.6. The number of benzene rings is 2. The number of fused-ring (bicyclic) bond motifs is 1. The van der Waals surface area contributed by atoms with Crippen molar-refractivity contribution < 1.29 is 14.3 Å². The fraction of sp³-hybridized carbons (Fsp3) is 0.316. The second kappa shape index (κ2) is 7.25. The van der Waals surface area contributed by atoms with Crippen LogP contribution in [0.2, 0.25) is 0 Å². The fourth-order valence-corrected chi connectivity index (χ4v) is 2.67. The molecule has 0 saturated heterocycles. The number of hydrogen-bond acceptors (Lipinski definition) is 4. The Bertz CT molecular complexity index is 690. The van der Waals surface area contributed by atoms with E-state index in [4.69, 9.17) is 9.47 Å². The van der Waals surface area contributed by atoms with Crippen molar-refractivity contribution in [1.29, 1.82) is 0 Å². The lowest BCUT2D eigenvalue weighted by molar-refractivity contribution is -0.133. The molecule has 5 nitrogen and oxygen atoms in total. The van der Waals surface area contributed by atoms with E-state index in [1.54, 1.807) is 0 Å². The molecular formula is C19H22N2O3. The quantitative estimate of drug-likeness (QED) is 0.917. The van der Waals surface area contributed by atoms with Crippen LogP contribution in [0.4, 0.5) is 5.69 Å². The van der Waals surface area contributed by atoms with Crippen LogP contribution in [-0.4, -0.2) is 38.3 Å². The lowest BCUT2D eigenvalue weighted by Crippen LogP contribution is -2.50. The van der Waals surface area contributed by atoms with Crippen molar-refractivity contribution in [3.63, 3.8) is 0 Å². The molecule has 2 atom stereocenters. The molecule has 24 heavy (non-hydrogen) atoms. The highest BCUT2D eigenvalue weighted by molar-refractivity contribution is 5.82. The Labute approximate surface area is 142 Å². The fourth-order valence-electron chi connectivity index (χ4n) is 2.67. The number of hydrogen-bond donors (Lipinski definition) is 1. The van der Waals surface area contributed by atoms with Crippen LogP contribution in [0.15, 0.2) is 54.6 Å². The van der Waals surface area contributed by atoms with Gasteiger partial charge in [0.2, 0.25) is 6.10 Å². The van der Waals surface area contributed by atoms with Crippen LogP contribution in [0.1, 0.15) is 6.92 Å². The lowest BCUT2D eigenvalue weighted by atomic mass is 10.1. The number of likely N-dealkylation sites (N-methyl/N-ethyl adjacent to an activating group) is 1. The van der Waals surface area contributed by atoms with E-state index in [0.29, 0.717) is 24.6 Å². The summed E-state index contributed by atoms with van der Waals surface area (Å²) in [6.45, 7) is 3.10. The van der Waals surface area contributed by atoms with E-state index < -0.39 is 6.10 Å². The summed E-state index contributed by atoms with van der Waals surface area (Å²) in [6.07, 6.45) is -0.964. The van der Waals surface area contributed by atoms with Crippen LogP contribution < -0.4 is 19.7 Å². The summed E-state index contributed by atoms with van der Waals surface area (Å²) in [4.78, 5) is 14.5. The summed E-state index contributed by atoms with van der Waals surface area (Å²) in [7, 11) is 2.00. The minimum Gasteiger partial charge on any atom is -0.482 e. The molecule has 0 aromatic heterocycles. The second-order valence-electron chi connectivity index (χ2n) is 5.86. The van der Waals surface area contributed by atoms with Crippen LogP contribution >= 0.6 is 0 Å². The van der Waals surface area contributed by atoms with Crippen molar-refractivity contribution in [3.05, 3.63) is 54.6 Å². The smallest absolute Gasteiger partial charge is 0.265 e. The number of anilines is 1. The molecule has 0 spiro atoms. The Morgan fingerprint density at radius 3 is 2.38 bits per heavy atom. The Kier molecular flexibility index (Phi) is 4.89. The largest absolute Gasteiger partial charge is 0.482 e. The van der Waals surface area contributed by atoms with Gasteiger partial charge in [-0.15, -0.1) is 0 Å². The van der Waals surface area contributed by atoms with Gasteiger partial charge in [0, 0.05) is 25.8 Å². The van der Waals surface area contributed by atoms with Crippen LogP contribution in [0.3, 0.4) is 0 Å². The lowest BCUT2D eigenvalue weighted by Gasteiger charge is -2.31. The molecule has 1 heterocycles. The molecule has 5 heteroatoms. The highest BCUT2D eigenvalue weighted by Crippen LogP contribution is 2.33. The van der Waals surface area contributed by atoms with Crippen LogP contribution in [0, 0.1) is 0 Å². The predicted molar refractivity (Wildman–Crippen MR) is 93.7 cm³/mol. The summed E-state index contributed by atoms with van der Waals surface area (Å²) in [5.41, 5.74) is 1.12. The van der Waals surface area contributed by atoms with Gasteiger partial charge in [-0.25, -0.2) is 0 Å². The molecule has 126 valence electrons. The van der Waals surface area contributed by atoms with E-state index in [-0.39, 0.29) is 12.0 Å². The number of para-hydroxylation sites is 3. The number of rotatable bonds is 5. The Balaban J connectivity index is 1.52. The van der Waals surface area contributed by atoms with Crippen LogP contribution in [0.5, 0.6) is 11.5 Å². The van der Waals surface area contributed by atoms with Crippen LogP contribution in [0.25, 0.3) is 0 Å². The molecule has 1 amide bonds. The monoisotopic (exact) mass is 326 g/mol. The summed E-state index contributed by atoms with van der Waals surface area (Å²) in [5.74, 6) is 1.13. The third kappa shape index (κ3) is 3.62. The van der Waals surface area contributed by atoms with Crippen molar-refractivity contribution in [2.24, 2.45) is 0 Å². The normalized spacial score (nSPS) is 18.8. The molecule has 0 radical (unpaired) electrons. The van der Waals surface area contributed by atoms with Gasteiger partial charge < -0.3 is 19.7 Å². The van der Waals surface area contributed by atoms with Crippen molar-refractivity contribution in [2.45, 2.75) is 19.1 Å². The highest BCUT2D eigenvalue weighted by Gasteiger charge is 2.33. The summed E-state index contributed by atoms with van der Waals surface area (Å²) in [6, 6.07) is 17.5. The number of ether oxygens (including phenoxy) is 2. The Hall–Kier alpha value is -2.69. The average molecular weight is 326 g/mol. The summed E-state index contributed by atoms with van der Waals surface area (Å²) in [5, 5.41) is 2.93. The van der Waals surface area contributed by atoms with E-state index in [2.05, 4.69) is 10.2 Å². The molecule has 0 unspecified atom stereocenters. The van der Waals surface area contributed by atoms with E-state index >= 15 is 0 Å². The van der Waals surface area contributed by atoms with E-state index in [9.17, 15) is 4.79 Å². The zero-order valence-electron chi connectivity index (χ0n) is 13.9. The molecule has 1 N–H and O–H groups in total. The topological polar surface area (TPSA) is 50.8 Å². The minimum absolute atomic E-state index is 0.154. The maximum atomic E-state index is 12.4. The molecular weight excluding hydrogens is 304 g/mol. The van der Waals surface area contributed by atoms with Gasteiger partial charge in [-0.3, -0.25) is 4.79 Å². The SMILES string of the molecule is C[C@H]1Oc2ccccc2O[C@@H]1C(=O)NCCN(C)c1ccccc1. The van der Waals surface area contributed by atoms with Gasteiger partial charge in [-0.1, -0.05) is 30.3 Å². The molecule has 1 aliphatic heterocycles. The van der Waals surface area contributed by atoms with Crippen molar-refractivity contribution in [2.75, 3.05) is 25.0 Å². The molecule has 0 bridgehead atoms. The number of nitrogens with zero attached hydrogens (tertiary/aromatic N) is 1. The van der Waals surface area contributed by atoms with E-state index in [0.717, 1.165) is 5.69 Å². The van der Waals surface area contributed by atoms with E-state index in [1.165, 1.54) is 0 Å². The molecule has 1 aliphatic rings. The molecule has 0 saturated carbocycles. The van der Waals surface area contributed by atoms with Gasteiger partial charge in [0.25, 0.3) is 5.91 Å². The van der Waals surface area contributed by atoms with Crippen molar-refractivity contribution >= 4 is 11.6 Å². The standard InChI is InChI=1S/C19H22N2O3/c1-14-18(24-17-11-7-6-10-16(17)23-14)19(22)20-12-13-21(2)15-8-4-3-5-9-15/h3-11,14,18H,12-13H2,1-2H3,(H,20,22)/t14-,18+/m1/s1. The number of carbonyl (C=O) groups is 1. The average Bonchev–Trinajstić information content (AvgIpc) is 2.61. The van der Waals surface area contributed by atoms with Gasteiger partial charge in [0.05, 0.1) is 0 Å². The Morgan fingerprint density at radius 1 is 1.04 bits per heavy atom. The van der Waals surface area contributed by atoms with E-state index in [1.807, 2.05) is 68.6 Å². The number of carbonyl (C=O) groups excluding carboxylic acids is 1. The predicted octanol–water partition coefficient (Wildman–Crippen LogP) is 2.47. The van der Waals surface area contributed by atoms with Crippen molar-refractivity contribution in [1.82, 2.24) is 5.32 Å². The first-order valence-corrected chi connectivity index (χ1v) is 8.11. The van der Waals surface area contributed by atoms with Gasteiger partial charge in [-0.05, 0) is 31.2 Å². The number of amides is 1. The first-order valence-electron chi connectivity index (χ1n) is 8.11. The van der Waals surface area contributed by atoms with Gasteiger partial charge in [0.1, 0.15) is 6.10 Å². The molecule has 2 aromatic rings. The molecule has 0 aliphatic carbocycles. The first kappa shape index (κ1) is 16.2. The Morgan fingerprint density at radius 2 is 1.67 bits per heavy atom. The van der Waals surface area contributed by atoms with Crippen LogP contribution in [-0.2, 0) is 4.79 Å². The molecule has 0 fully saturated rings. The maximum Gasteiger partial charge on any atom is 0.265 e. The zero-order chi connectivity index (χ0) is 16.9. The number of nitrogens with one attached hydrogen (secondary N) is 1. The van der Waals surface area contributed by atoms with Gasteiger partial charge in [-0.2, -0.15) is 0 Å². The summed E-state index contributed by atoms with van der Waals surface area (Å²) >= 11 is 0. The van der Waals surface area contributed by atoms with Crippen molar-refractivity contribution in [3.8, 4) is 11.5 Å². The highest BCUT2D eigenvalue weighted by atomic mass is 16.6.